The molecule has 36 heavy (non-hydrogen) atoms. The first-order valence-corrected chi connectivity index (χ1v) is 12.7. The Morgan fingerprint density at radius 3 is 2.64 bits per heavy atom. The first-order chi connectivity index (χ1) is 17.4. The average molecular weight is 502 g/mol. The molecule has 0 amide bonds. The third kappa shape index (κ3) is 4.40. The Hall–Kier alpha value is -3.91. The van der Waals surface area contributed by atoms with Crippen LogP contribution in [0.2, 0.25) is 0 Å². The molecule has 0 saturated carbocycles. The number of esters is 1. The third-order valence-electron chi connectivity index (χ3n) is 5.92. The zero-order valence-electron chi connectivity index (χ0n) is 20.6. The zero-order valence-corrected chi connectivity index (χ0v) is 21.4. The predicted octanol–water partition coefficient (Wildman–Crippen LogP) is 4.07. The fourth-order valence-corrected chi connectivity index (χ4v) is 5.46. The van der Waals surface area contributed by atoms with Crippen LogP contribution in [0.4, 0.5) is 0 Å². The van der Waals surface area contributed by atoms with Crippen LogP contribution >= 0.6 is 11.3 Å². The molecule has 7 nitrogen and oxygen atoms in total. The van der Waals surface area contributed by atoms with E-state index in [1.165, 1.54) is 11.3 Å². The van der Waals surface area contributed by atoms with Crippen LogP contribution < -0.4 is 19.6 Å². The molecule has 0 fully saturated rings. The number of ether oxygens (including phenoxy) is 2. The van der Waals surface area contributed by atoms with Gasteiger partial charge >= 0.3 is 5.97 Å². The van der Waals surface area contributed by atoms with Crippen LogP contribution in [0, 0.1) is 0 Å². The fourth-order valence-electron chi connectivity index (χ4n) is 4.42. The first kappa shape index (κ1) is 23.8. The van der Waals surface area contributed by atoms with Crippen molar-refractivity contribution in [1.82, 2.24) is 9.55 Å². The Balaban J connectivity index is 1.66. The molecular formula is C28H27N3O4S. The van der Waals surface area contributed by atoms with Crippen LogP contribution in [0.5, 0.6) is 5.75 Å². The topological polar surface area (TPSA) is 85.7 Å². The van der Waals surface area contributed by atoms with Gasteiger partial charge in [-0.3, -0.25) is 9.36 Å². The number of allylic oxidation sites excluding steroid dienone is 1. The molecule has 0 aliphatic carbocycles. The number of thiazole rings is 1. The molecule has 0 saturated heterocycles. The normalized spacial score (nSPS) is 15.8. The fraction of sp³-hybridized carbons (Fsp3) is 0.250. The summed E-state index contributed by atoms with van der Waals surface area (Å²) in [6, 6.07) is 16.8. The van der Waals surface area contributed by atoms with Gasteiger partial charge in [0.15, 0.2) is 4.80 Å². The summed E-state index contributed by atoms with van der Waals surface area (Å²) in [6.45, 7) is 7.70. The number of fused-ring (bicyclic) bond motifs is 2. The van der Waals surface area contributed by atoms with Crippen LogP contribution in [0.25, 0.3) is 17.0 Å². The lowest BCUT2D eigenvalue weighted by molar-refractivity contribution is -0.139. The summed E-state index contributed by atoms with van der Waals surface area (Å²) in [6.07, 6.45) is 1.87. The number of hydrogen-bond acceptors (Lipinski definition) is 6. The van der Waals surface area contributed by atoms with Gasteiger partial charge in [0.1, 0.15) is 5.75 Å². The lowest BCUT2D eigenvalue weighted by atomic mass is 9.96. The Kier molecular flexibility index (Phi) is 6.36. The smallest absolute Gasteiger partial charge is 0.338 e. The molecule has 1 N–H and O–H groups in total. The number of aromatic nitrogens is 2. The van der Waals surface area contributed by atoms with Gasteiger partial charge in [-0.15, -0.1) is 0 Å². The van der Waals surface area contributed by atoms with Crippen molar-refractivity contribution in [1.29, 1.82) is 0 Å². The Labute approximate surface area is 212 Å². The number of rotatable bonds is 6. The maximum absolute atomic E-state index is 13.7. The highest BCUT2D eigenvalue weighted by molar-refractivity contribution is 7.07. The van der Waals surface area contributed by atoms with Crippen LogP contribution in [0.1, 0.15) is 45.0 Å². The van der Waals surface area contributed by atoms with Gasteiger partial charge in [0.05, 0.1) is 34.6 Å². The van der Waals surface area contributed by atoms with Gasteiger partial charge in [-0.05, 0) is 69.0 Å². The monoisotopic (exact) mass is 501 g/mol. The molecule has 0 spiro atoms. The van der Waals surface area contributed by atoms with E-state index in [-0.39, 0.29) is 18.3 Å². The molecule has 8 heteroatoms. The summed E-state index contributed by atoms with van der Waals surface area (Å²) in [5, 5.41) is 1.07. The van der Waals surface area contributed by atoms with Crippen molar-refractivity contribution in [2.24, 2.45) is 4.99 Å². The van der Waals surface area contributed by atoms with Gasteiger partial charge in [0.25, 0.3) is 5.56 Å². The summed E-state index contributed by atoms with van der Waals surface area (Å²) in [4.78, 5) is 35.3. The van der Waals surface area contributed by atoms with Crippen LogP contribution in [0.15, 0.2) is 75.7 Å². The summed E-state index contributed by atoms with van der Waals surface area (Å²) in [5.41, 5.74) is 3.30. The van der Waals surface area contributed by atoms with Gasteiger partial charge in [0.2, 0.25) is 0 Å². The van der Waals surface area contributed by atoms with E-state index in [4.69, 9.17) is 9.47 Å². The Morgan fingerprint density at radius 2 is 1.94 bits per heavy atom. The van der Waals surface area contributed by atoms with Gasteiger partial charge in [-0.1, -0.05) is 41.7 Å². The molecule has 4 aromatic rings. The third-order valence-corrected chi connectivity index (χ3v) is 6.90. The Bertz CT molecular complexity index is 1620. The molecule has 1 atom stereocenters. The largest absolute Gasteiger partial charge is 0.491 e. The Morgan fingerprint density at radius 1 is 1.19 bits per heavy atom. The number of nitrogens with zero attached hydrogens (tertiary/aromatic N) is 2. The second-order valence-electron chi connectivity index (χ2n) is 8.85. The number of benzene rings is 2. The number of carbonyl (C=O) groups is 1. The minimum atomic E-state index is -0.654. The molecule has 5 rings (SSSR count). The summed E-state index contributed by atoms with van der Waals surface area (Å²) in [7, 11) is 0. The molecule has 3 heterocycles. The van der Waals surface area contributed by atoms with Gasteiger partial charge in [-0.2, -0.15) is 0 Å². The molecular weight excluding hydrogens is 474 g/mol. The maximum atomic E-state index is 13.7. The van der Waals surface area contributed by atoms with Gasteiger partial charge < -0.3 is 14.5 Å². The van der Waals surface area contributed by atoms with E-state index < -0.39 is 12.0 Å². The summed E-state index contributed by atoms with van der Waals surface area (Å²) < 4.78 is 13.3. The minimum Gasteiger partial charge on any atom is -0.491 e. The number of para-hydroxylation sites is 1. The van der Waals surface area contributed by atoms with Crippen molar-refractivity contribution in [2.75, 3.05) is 6.61 Å². The second-order valence-corrected chi connectivity index (χ2v) is 9.86. The number of nitrogens with one attached hydrogen (secondary N) is 1. The van der Waals surface area contributed by atoms with E-state index in [9.17, 15) is 9.59 Å². The molecule has 1 aliphatic rings. The SMILES string of the molecule is CCOC(=O)C1=C(C)N=c2sc(=Cc3cc4ccccc4[nH]3)c(=O)n2C1c1ccc(OC(C)C)cc1. The maximum Gasteiger partial charge on any atom is 0.338 e. The number of aromatic amines is 1. The molecule has 184 valence electrons. The van der Waals surface area contributed by atoms with Crippen LogP contribution in [-0.2, 0) is 9.53 Å². The van der Waals surface area contributed by atoms with Crippen LogP contribution in [0.3, 0.4) is 0 Å². The number of H-pyrrole nitrogens is 1. The van der Waals surface area contributed by atoms with E-state index in [0.717, 1.165) is 27.9 Å². The van der Waals surface area contributed by atoms with Crippen molar-refractivity contribution in [3.8, 4) is 5.75 Å². The summed E-state index contributed by atoms with van der Waals surface area (Å²) in [5.74, 6) is 0.245. The van der Waals surface area contributed by atoms with Crippen molar-refractivity contribution >= 4 is 34.3 Å². The van der Waals surface area contributed by atoms with Crippen molar-refractivity contribution in [2.45, 2.75) is 39.8 Å². The highest BCUT2D eigenvalue weighted by Gasteiger charge is 2.33. The highest BCUT2D eigenvalue weighted by Crippen LogP contribution is 2.31. The first-order valence-electron chi connectivity index (χ1n) is 11.9. The van der Waals surface area contributed by atoms with E-state index in [0.29, 0.717) is 20.6 Å². The average Bonchev–Trinajstić information content (AvgIpc) is 3.38. The molecule has 1 aliphatic heterocycles. The van der Waals surface area contributed by atoms with E-state index >= 15 is 0 Å². The molecule has 0 bridgehead atoms. The van der Waals surface area contributed by atoms with E-state index in [1.54, 1.807) is 18.4 Å². The predicted molar refractivity (Wildman–Crippen MR) is 141 cm³/mol. The van der Waals surface area contributed by atoms with E-state index in [1.807, 2.05) is 74.5 Å². The molecule has 2 aromatic heterocycles. The standard InChI is InChI=1S/C28H27N3O4S/c1-5-34-27(33)24-17(4)29-28-31(25(24)18-10-12-21(13-11-18)35-16(2)3)26(32)23(36-28)15-20-14-19-8-6-7-9-22(19)30-20/h6-16,25,30H,5H2,1-4H3. The zero-order chi connectivity index (χ0) is 25.4. The minimum absolute atomic E-state index is 0.0374. The van der Waals surface area contributed by atoms with Gasteiger partial charge in [0, 0.05) is 11.2 Å². The van der Waals surface area contributed by atoms with E-state index in [2.05, 4.69) is 9.98 Å². The molecule has 2 aromatic carbocycles. The van der Waals surface area contributed by atoms with Gasteiger partial charge in [-0.25, -0.2) is 9.79 Å². The summed E-state index contributed by atoms with van der Waals surface area (Å²) >= 11 is 1.30. The quantitative estimate of drug-likeness (QED) is 0.404. The van der Waals surface area contributed by atoms with Crippen molar-refractivity contribution < 1.29 is 14.3 Å². The van der Waals surface area contributed by atoms with Crippen molar-refractivity contribution in [3.63, 3.8) is 0 Å². The number of carbonyl (C=O) groups excluding carboxylic acids is 1. The molecule has 0 radical (unpaired) electrons. The molecule has 1 unspecified atom stereocenters. The lowest BCUT2D eigenvalue weighted by Gasteiger charge is -2.25. The highest BCUT2D eigenvalue weighted by atomic mass is 32.1. The second kappa shape index (κ2) is 9.62. The van der Waals surface area contributed by atoms with Crippen molar-refractivity contribution in [3.05, 3.63) is 96.8 Å². The van der Waals surface area contributed by atoms with Crippen LogP contribution in [-0.4, -0.2) is 28.2 Å². The lowest BCUT2D eigenvalue weighted by Crippen LogP contribution is -2.39. The number of hydrogen-bond donors (Lipinski definition) is 1.